The van der Waals surface area contributed by atoms with Gasteiger partial charge in [0.1, 0.15) is 5.75 Å². The minimum absolute atomic E-state index is 0.0138. The Morgan fingerprint density at radius 2 is 2.00 bits per heavy atom. The van der Waals surface area contributed by atoms with Crippen molar-refractivity contribution in [3.8, 4) is 17.6 Å². The van der Waals surface area contributed by atoms with Crippen molar-refractivity contribution in [2.75, 3.05) is 33.9 Å². The van der Waals surface area contributed by atoms with Gasteiger partial charge in [-0.1, -0.05) is 11.8 Å². The maximum absolute atomic E-state index is 12.3. The molecule has 0 aliphatic heterocycles. The summed E-state index contributed by atoms with van der Waals surface area (Å²) in [6, 6.07) is 4.38. The summed E-state index contributed by atoms with van der Waals surface area (Å²) >= 11 is 0. The zero-order chi connectivity index (χ0) is 15.9. The molecule has 0 heterocycles. The monoisotopic (exact) mass is 313 g/mol. The van der Waals surface area contributed by atoms with Crippen LogP contribution in [0.5, 0.6) is 5.75 Å². The highest BCUT2D eigenvalue weighted by Gasteiger charge is 2.21. The second-order valence-electron chi connectivity index (χ2n) is 4.19. The van der Waals surface area contributed by atoms with Crippen LogP contribution in [0.4, 0.5) is 0 Å². The van der Waals surface area contributed by atoms with Crippen LogP contribution in [0.3, 0.4) is 0 Å². The summed E-state index contributed by atoms with van der Waals surface area (Å²) in [5, 5.41) is 17.6. The Morgan fingerprint density at radius 3 is 2.57 bits per heavy atom. The zero-order valence-corrected chi connectivity index (χ0v) is 12.9. The predicted octanol–water partition coefficient (Wildman–Crippen LogP) is 0.0419. The molecule has 0 bridgehead atoms. The summed E-state index contributed by atoms with van der Waals surface area (Å²) in [4.78, 5) is 0.0764. The summed E-state index contributed by atoms with van der Waals surface area (Å²) < 4.78 is 30.8. The van der Waals surface area contributed by atoms with Gasteiger partial charge in [0.05, 0.1) is 30.8 Å². The van der Waals surface area contributed by atoms with E-state index in [1.807, 2.05) is 0 Å². The van der Waals surface area contributed by atoms with E-state index >= 15 is 0 Å². The Bertz CT molecular complexity index is 630. The van der Waals surface area contributed by atoms with Gasteiger partial charge in [0.2, 0.25) is 10.0 Å². The second-order valence-corrected chi connectivity index (χ2v) is 6.23. The number of nitrogens with zero attached hydrogens (tertiary/aromatic N) is 1. The molecule has 6 nitrogen and oxygen atoms in total. The smallest absolute Gasteiger partial charge is 0.242 e. The van der Waals surface area contributed by atoms with Gasteiger partial charge in [-0.05, 0) is 18.2 Å². The molecule has 7 heteroatoms. The molecule has 0 saturated heterocycles. The first-order valence-electron chi connectivity index (χ1n) is 6.32. The lowest BCUT2D eigenvalue weighted by Gasteiger charge is -2.16. The third-order valence-corrected chi connectivity index (χ3v) is 4.61. The molecule has 0 saturated carbocycles. The molecular formula is C14H19NO5S. The largest absolute Gasteiger partial charge is 0.495 e. The Kier molecular flexibility index (Phi) is 6.65. The molecule has 1 rings (SSSR count). The molecule has 21 heavy (non-hydrogen) atoms. The second kappa shape index (κ2) is 8.00. The Hall–Kier alpha value is -1.59. The highest BCUT2D eigenvalue weighted by molar-refractivity contribution is 7.89. The maximum Gasteiger partial charge on any atom is 0.242 e. The summed E-state index contributed by atoms with van der Waals surface area (Å²) in [5.74, 6) is 5.97. The lowest BCUT2D eigenvalue weighted by atomic mass is 10.2. The first-order chi connectivity index (χ1) is 9.97. The average Bonchev–Trinajstić information content (AvgIpc) is 2.47. The van der Waals surface area contributed by atoms with Crippen LogP contribution in [0, 0.1) is 11.8 Å². The van der Waals surface area contributed by atoms with Crippen molar-refractivity contribution in [2.24, 2.45) is 0 Å². The van der Waals surface area contributed by atoms with E-state index in [1.54, 1.807) is 0 Å². The number of sulfonamides is 1. The lowest BCUT2D eigenvalue weighted by Crippen LogP contribution is -2.29. The molecular weight excluding hydrogens is 294 g/mol. The molecule has 1 aromatic rings. The van der Waals surface area contributed by atoms with Gasteiger partial charge in [-0.3, -0.25) is 0 Å². The first kappa shape index (κ1) is 17.5. The van der Waals surface area contributed by atoms with Crippen LogP contribution in [0.25, 0.3) is 0 Å². The third-order valence-electron chi connectivity index (χ3n) is 2.75. The van der Waals surface area contributed by atoms with Crippen LogP contribution in [-0.4, -0.2) is 56.9 Å². The van der Waals surface area contributed by atoms with Gasteiger partial charge < -0.3 is 14.9 Å². The molecule has 0 unspecified atom stereocenters. The molecule has 1 aromatic carbocycles. The van der Waals surface area contributed by atoms with Crippen LogP contribution in [0.1, 0.15) is 12.0 Å². The molecule has 0 radical (unpaired) electrons. The predicted molar refractivity (Wildman–Crippen MR) is 78.5 cm³/mol. The van der Waals surface area contributed by atoms with Gasteiger partial charge >= 0.3 is 0 Å². The van der Waals surface area contributed by atoms with E-state index in [-0.39, 0.29) is 24.7 Å². The van der Waals surface area contributed by atoms with Crippen molar-refractivity contribution >= 4 is 10.0 Å². The molecule has 0 aliphatic rings. The van der Waals surface area contributed by atoms with Crippen molar-refractivity contribution < 1.29 is 23.4 Å². The highest BCUT2D eigenvalue weighted by Crippen LogP contribution is 2.23. The molecule has 0 amide bonds. The van der Waals surface area contributed by atoms with Gasteiger partial charge in [0, 0.05) is 20.0 Å². The molecule has 0 fully saturated rings. The number of benzene rings is 1. The molecule has 116 valence electrons. The van der Waals surface area contributed by atoms with Gasteiger partial charge in [0.15, 0.2) is 0 Å². The van der Waals surface area contributed by atoms with Crippen LogP contribution in [0.2, 0.25) is 0 Å². The fourth-order valence-electron chi connectivity index (χ4n) is 1.60. The summed E-state index contributed by atoms with van der Waals surface area (Å²) in [5.41, 5.74) is 0.435. The number of methoxy groups -OCH3 is 1. The topological polar surface area (TPSA) is 87.1 Å². The summed E-state index contributed by atoms with van der Waals surface area (Å²) in [6.45, 7) is -0.304. The Balaban J connectivity index is 3.22. The number of aliphatic hydroxyl groups is 2. The summed E-state index contributed by atoms with van der Waals surface area (Å²) in [6.07, 6.45) is 0.296. The SMILES string of the molecule is COc1ccc(S(=O)(=O)N(C)CCO)cc1C#CCCO. The number of rotatable bonds is 6. The van der Waals surface area contributed by atoms with E-state index in [0.29, 0.717) is 17.7 Å². The molecule has 0 aromatic heterocycles. The van der Waals surface area contributed by atoms with Crippen molar-refractivity contribution in [1.29, 1.82) is 0 Å². The zero-order valence-electron chi connectivity index (χ0n) is 12.0. The van der Waals surface area contributed by atoms with E-state index in [4.69, 9.17) is 14.9 Å². The Morgan fingerprint density at radius 1 is 1.29 bits per heavy atom. The number of hydrogen-bond donors (Lipinski definition) is 2. The quantitative estimate of drug-likeness (QED) is 0.724. The van der Waals surface area contributed by atoms with Crippen molar-refractivity contribution in [1.82, 2.24) is 4.31 Å². The number of aliphatic hydroxyl groups excluding tert-OH is 2. The normalized spacial score (nSPS) is 11.1. The molecule has 0 atom stereocenters. The number of ether oxygens (including phenoxy) is 1. The van der Waals surface area contributed by atoms with Crippen LogP contribution in [0.15, 0.2) is 23.1 Å². The van der Waals surface area contributed by atoms with Crippen molar-refractivity contribution in [3.63, 3.8) is 0 Å². The van der Waals surface area contributed by atoms with E-state index < -0.39 is 10.0 Å². The lowest BCUT2D eigenvalue weighted by molar-refractivity contribution is 0.266. The van der Waals surface area contributed by atoms with E-state index in [2.05, 4.69) is 11.8 Å². The van der Waals surface area contributed by atoms with Gasteiger partial charge in [-0.2, -0.15) is 4.31 Å². The minimum atomic E-state index is -3.68. The standard InChI is InChI=1S/C14H19NO5S/c1-15(8-10-17)21(18,19)13-6-7-14(20-2)12(11-13)5-3-4-9-16/h6-7,11,16-17H,4,8-10H2,1-2H3. The fourth-order valence-corrected chi connectivity index (χ4v) is 2.79. The molecule has 0 aliphatic carbocycles. The van der Waals surface area contributed by atoms with Gasteiger partial charge in [0.25, 0.3) is 0 Å². The van der Waals surface area contributed by atoms with Crippen LogP contribution < -0.4 is 4.74 Å². The number of hydrogen-bond acceptors (Lipinski definition) is 5. The fraction of sp³-hybridized carbons (Fsp3) is 0.429. The van der Waals surface area contributed by atoms with Gasteiger partial charge in [-0.15, -0.1) is 0 Å². The van der Waals surface area contributed by atoms with Crippen molar-refractivity contribution in [2.45, 2.75) is 11.3 Å². The Labute approximate surface area is 125 Å². The highest BCUT2D eigenvalue weighted by atomic mass is 32.2. The first-order valence-corrected chi connectivity index (χ1v) is 7.76. The van der Waals surface area contributed by atoms with Crippen LogP contribution >= 0.6 is 0 Å². The van der Waals surface area contributed by atoms with E-state index in [1.165, 1.54) is 32.4 Å². The molecule has 2 N–H and O–H groups in total. The van der Waals surface area contributed by atoms with Crippen molar-refractivity contribution in [3.05, 3.63) is 23.8 Å². The minimum Gasteiger partial charge on any atom is -0.495 e. The average molecular weight is 313 g/mol. The van der Waals surface area contributed by atoms with E-state index in [9.17, 15) is 8.42 Å². The van der Waals surface area contributed by atoms with Crippen LogP contribution in [-0.2, 0) is 10.0 Å². The summed E-state index contributed by atoms with van der Waals surface area (Å²) in [7, 11) is -0.812. The molecule has 0 spiro atoms. The third kappa shape index (κ3) is 4.44. The number of likely N-dealkylation sites (N-methyl/N-ethyl adjacent to an activating group) is 1. The van der Waals surface area contributed by atoms with E-state index in [0.717, 1.165) is 4.31 Å². The van der Waals surface area contributed by atoms with Gasteiger partial charge in [-0.25, -0.2) is 8.42 Å². The maximum atomic E-state index is 12.3.